The minimum Gasteiger partial charge on any atom is -0.458 e. The first-order valence-electron chi connectivity index (χ1n) is 12.4. The van der Waals surface area contributed by atoms with E-state index in [9.17, 15) is 19.2 Å². The summed E-state index contributed by atoms with van der Waals surface area (Å²) >= 11 is 0. The fourth-order valence-electron chi connectivity index (χ4n) is 7.27. The second-order valence-electron chi connectivity index (χ2n) is 10.8. The highest BCUT2D eigenvalue weighted by Gasteiger charge is 2.67. The first-order valence-corrected chi connectivity index (χ1v) is 12.4. The van der Waals surface area contributed by atoms with E-state index in [2.05, 4.69) is 19.9 Å². The Morgan fingerprint density at radius 1 is 1.12 bits per heavy atom. The Labute approximate surface area is 196 Å². The van der Waals surface area contributed by atoms with Crippen molar-refractivity contribution in [2.75, 3.05) is 6.61 Å². The number of hydrogen-bond donors (Lipinski definition) is 0. The van der Waals surface area contributed by atoms with Gasteiger partial charge in [0.05, 0.1) is 0 Å². The topological polar surface area (TPSA) is 86.7 Å². The van der Waals surface area contributed by atoms with Crippen LogP contribution in [0.3, 0.4) is 0 Å². The zero-order chi connectivity index (χ0) is 24.0. The smallest absolute Gasteiger partial charge is 0.306 e. The molecular weight excluding hydrogens is 420 g/mol. The van der Waals surface area contributed by atoms with Crippen LogP contribution in [-0.4, -0.2) is 35.7 Å². The highest BCUT2D eigenvalue weighted by Crippen LogP contribution is 2.66. The molecule has 2 saturated carbocycles. The number of hydrogen-bond acceptors (Lipinski definition) is 6. The number of carbonyl (C=O) groups excluding carboxylic acids is 4. The number of ether oxygens (including phenoxy) is 2. The van der Waals surface area contributed by atoms with Gasteiger partial charge >= 0.3 is 11.9 Å². The van der Waals surface area contributed by atoms with E-state index in [1.54, 1.807) is 0 Å². The van der Waals surface area contributed by atoms with Crippen molar-refractivity contribution < 1.29 is 28.7 Å². The highest BCUT2D eigenvalue weighted by molar-refractivity contribution is 5.93. The van der Waals surface area contributed by atoms with Gasteiger partial charge in [0.1, 0.15) is 0 Å². The normalized spacial score (nSPS) is 37.2. The molecule has 0 heterocycles. The molecule has 4 rings (SSSR count). The molecule has 0 N–H and O–H groups in total. The summed E-state index contributed by atoms with van der Waals surface area (Å²) in [5, 5.41) is 0. The predicted octanol–water partition coefficient (Wildman–Crippen LogP) is 4.65. The number of Topliss-reactive ketones (excluding diaryl/α,β-unsaturated/α-hetero) is 1. The van der Waals surface area contributed by atoms with Crippen LogP contribution in [0.5, 0.6) is 0 Å². The second-order valence-corrected chi connectivity index (χ2v) is 10.8. The molecule has 5 atom stereocenters. The Kier molecular flexibility index (Phi) is 6.17. The monoisotopic (exact) mass is 456 g/mol. The summed E-state index contributed by atoms with van der Waals surface area (Å²) in [6, 6.07) is 0. The molecule has 4 aliphatic rings. The van der Waals surface area contributed by atoms with Crippen molar-refractivity contribution >= 4 is 23.5 Å². The van der Waals surface area contributed by atoms with Crippen molar-refractivity contribution in [3.63, 3.8) is 0 Å². The summed E-state index contributed by atoms with van der Waals surface area (Å²) in [5.74, 6) is -0.473. The van der Waals surface area contributed by atoms with Gasteiger partial charge in [0.15, 0.2) is 18.0 Å². The number of rotatable bonds is 6. The summed E-state index contributed by atoms with van der Waals surface area (Å²) in [6.07, 6.45) is 10.2. The van der Waals surface area contributed by atoms with Gasteiger partial charge in [0, 0.05) is 30.6 Å². The third-order valence-electron chi connectivity index (χ3n) is 9.06. The van der Waals surface area contributed by atoms with Crippen LogP contribution >= 0.6 is 0 Å². The van der Waals surface area contributed by atoms with E-state index < -0.39 is 17.0 Å². The molecule has 0 aromatic rings. The first-order chi connectivity index (χ1) is 15.6. The molecule has 2 unspecified atom stereocenters. The van der Waals surface area contributed by atoms with Gasteiger partial charge in [-0.2, -0.15) is 0 Å². The van der Waals surface area contributed by atoms with Gasteiger partial charge in [-0.15, -0.1) is 0 Å². The zero-order valence-corrected chi connectivity index (χ0v) is 20.3. The van der Waals surface area contributed by atoms with E-state index in [-0.39, 0.29) is 41.9 Å². The zero-order valence-electron chi connectivity index (χ0n) is 20.3. The molecule has 0 saturated heterocycles. The van der Waals surface area contributed by atoms with Crippen molar-refractivity contribution in [2.45, 2.75) is 91.1 Å². The largest absolute Gasteiger partial charge is 0.458 e. The minimum absolute atomic E-state index is 0.0932. The van der Waals surface area contributed by atoms with Crippen molar-refractivity contribution in [3.05, 3.63) is 23.3 Å². The number of ketones is 2. The van der Waals surface area contributed by atoms with Crippen LogP contribution < -0.4 is 0 Å². The molecule has 180 valence electrons. The maximum atomic E-state index is 13.5. The van der Waals surface area contributed by atoms with E-state index in [1.165, 1.54) is 18.1 Å². The molecule has 6 heteroatoms. The SMILES string of the molecule is CCCC(=O)O[C@]1(C(=O)COC(C)=O)CCC2C3CCC4=CC(=O)CC[C@]4(C)C3=CC[C@@]21C. The maximum Gasteiger partial charge on any atom is 0.306 e. The summed E-state index contributed by atoms with van der Waals surface area (Å²) in [5.41, 5.74) is 0.724. The molecule has 4 aliphatic carbocycles. The quantitative estimate of drug-likeness (QED) is 0.427. The lowest BCUT2D eigenvalue weighted by atomic mass is 9.50. The lowest BCUT2D eigenvalue weighted by Gasteiger charge is -2.55. The molecule has 0 spiro atoms. The standard InChI is InChI=1S/C27H36O6/c1-5-6-24(31)33-27(23(30)16-32-17(2)28)14-11-22-20-8-7-18-15-19(29)9-12-25(18,3)21(20)10-13-26(22,27)4/h10,15,20,22H,5-9,11-14,16H2,1-4H3/t20?,22?,25-,26-,27-/m0/s1. The van der Waals surface area contributed by atoms with Gasteiger partial charge < -0.3 is 9.47 Å². The van der Waals surface area contributed by atoms with Crippen LogP contribution in [0, 0.1) is 22.7 Å². The van der Waals surface area contributed by atoms with Crippen LogP contribution in [0.25, 0.3) is 0 Å². The average Bonchev–Trinajstić information content (AvgIpc) is 3.05. The summed E-state index contributed by atoms with van der Waals surface area (Å²) in [4.78, 5) is 49.7. The van der Waals surface area contributed by atoms with Crippen LogP contribution in [0.4, 0.5) is 0 Å². The van der Waals surface area contributed by atoms with Gasteiger partial charge in [-0.05, 0) is 62.9 Å². The fourth-order valence-corrected chi connectivity index (χ4v) is 7.27. The molecule has 0 radical (unpaired) electrons. The molecule has 0 aromatic heterocycles. The molecule has 0 aliphatic heterocycles. The van der Waals surface area contributed by atoms with Gasteiger partial charge in [-0.3, -0.25) is 19.2 Å². The van der Waals surface area contributed by atoms with Crippen LogP contribution in [0.2, 0.25) is 0 Å². The summed E-state index contributed by atoms with van der Waals surface area (Å²) in [7, 11) is 0. The van der Waals surface area contributed by atoms with Crippen molar-refractivity contribution in [2.24, 2.45) is 22.7 Å². The Balaban J connectivity index is 1.72. The Morgan fingerprint density at radius 3 is 2.58 bits per heavy atom. The van der Waals surface area contributed by atoms with Crippen molar-refractivity contribution in [3.8, 4) is 0 Å². The van der Waals surface area contributed by atoms with Crippen molar-refractivity contribution in [1.82, 2.24) is 0 Å². The van der Waals surface area contributed by atoms with Crippen molar-refractivity contribution in [1.29, 1.82) is 0 Å². The molecule has 0 bridgehead atoms. The number of allylic oxidation sites excluding steroid dienone is 4. The van der Waals surface area contributed by atoms with E-state index >= 15 is 0 Å². The lowest BCUT2D eigenvalue weighted by molar-refractivity contribution is -0.186. The highest BCUT2D eigenvalue weighted by atomic mass is 16.6. The Bertz CT molecular complexity index is 944. The second kappa shape index (κ2) is 8.52. The fraction of sp³-hybridized carbons (Fsp3) is 0.704. The molecular formula is C27H36O6. The van der Waals surface area contributed by atoms with Crippen LogP contribution in [0.1, 0.15) is 85.5 Å². The van der Waals surface area contributed by atoms with E-state index in [4.69, 9.17) is 9.47 Å². The van der Waals surface area contributed by atoms with Gasteiger partial charge in [0.25, 0.3) is 0 Å². The van der Waals surface area contributed by atoms with Gasteiger partial charge in [0.2, 0.25) is 5.78 Å². The predicted molar refractivity (Wildman–Crippen MR) is 122 cm³/mol. The Hall–Kier alpha value is -2.24. The Morgan fingerprint density at radius 2 is 1.88 bits per heavy atom. The number of carbonyl (C=O) groups is 4. The third-order valence-corrected chi connectivity index (χ3v) is 9.06. The molecule has 0 aromatic carbocycles. The minimum atomic E-state index is -1.28. The van der Waals surface area contributed by atoms with E-state index in [0.717, 1.165) is 25.7 Å². The number of esters is 2. The van der Waals surface area contributed by atoms with E-state index in [0.29, 0.717) is 31.6 Å². The van der Waals surface area contributed by atoms with Crippen LogP contribution in [0.15, 0.2) is 23.3 Å². The lowest BCUT2D eigenvalue weighted by Crippen LogP contribution is -2.58. The molecule has 6 nitrogen and oxygen atoms in total. The average molecular weight is 457 g/mol. The van der Waals surface area contributed by atoms with E-state index in [1.807, 2.05) is 13.0 Å². The van der Waals surface area contributed by atoms with Crippen LogP contribution in [-0.2, 0) is 28.7 Å². The summed E-state index contributed by atoms with van der Waals surface area (Å²) < 4.78 is 11.1. The maximum absolute atomic E-state index is 13.5. The van der Waals surface area contributed by atoms with Gasteiger partial charge in [-0.1, -0.05) is 38.0 Å². The van der Waals surface area contributed by atoms with Gasteiger partial charge in [-0.25, -0.2) is 0 Å². The summed E-state index contributed by atoms with van der Waals surface area (Å²) in [6.45, 7) is 7.17. The first kappa shape index (κ1) is 23.9. The molecule has 2 fully saturated rings. The number of fused-ring (bicyclic) bond motifs is 5. The third kappa shape index (κ3) is 3.70. The molecule has 0 amide bonds. The molecule has 33 heavy (non-hydrogen) atoms.